The zero-order valence-electron chi connectivity index (χ0n) is 12.5. The molecule has 4 heteroatoms. The highest BCUT2D eigenvalue weighted by atomic mass is 15.2. The molecule has 1 aliphatic rings. The van der Waals surface area contributed by atoms with Crippen molar-refractivity contribution in [1.82, 2.24) is 20.2 Å². The Morgan fingerprint density at radius 2 is 2.10 bits per heavy atom. The highest BCUT2D eigenvalue weighted by Crippen LogP contribution is 2.13. The van der Waals surface area contributed by atoms with E-state index in [1.165, 1.54) is 12.0 Å². The van der Waals surface area contributed by atoms with Crippen molar-refractivity contribution >= 4 is 0 Å². The molecule has 0 saturated carbocycles. The maximum absolute atomic E-state index is 4.43. The van der Waals surface area contributed by atoms with Crippen molar-refractivity contribution < 1.29 is 0 Å². The number of nitrogens with one attached hydrogen (secondary N) is 1. The molecule has 1 unspecified atom stereocenters. The molecule has 1 aromatic carbocycles. The summed E-state index contributed by atoms with van der Waals surface area (Å²) < 4.78 is 0. The number of benzene rings is 1. The van der Waals surface area contributed by atoms with Gasteiger partial charge in [0.25, 0.3) is 0 Å². The van der Waals surface area contributed by atoms with Crippen LogP contribution in [0.15, 0.2) is 42.6 Å². The fourth-order valence-corrected chi connectivity index (χ4v) is 2.84. The van der Waals surface area contributed by atoms with Gasteiger partial charge in [0.2, 0.25) is 0 Å². The number of hydrogen-bond acceptors (Lipinski definition) is 4. The lowest BCUT2D eigenvalue weighted by Gasteiger charge is -2.16. The van der Waals surface area contributed by atoms with E-state index in [-0.39, 0.29) is 0 Å². The molecule has 0 spiro atoms. The van der Waals surface area contributed by atoms with Crippen LogP contribution in [0.4, 0.5) is 0 Å². The summed E-state index contributed by atoms with van der Waals surface area (Å²) in [5.74, 6) is 0.839. The number of likely N-dealkylation sites (tertiary alicyclic amines) is 1. The van der Waals surface area contributed by atoms with Gasteiger partial charge < -0.3 is 5.32 Å². The Morgan fingerprint density at radius 3 is 2.90 bits per heavy atom. The molecule has 1 atom stereocenters. The Balaban J connectivity index is 1.46. The maximum Gasteiger partial charge on any atom is 0.125 e. The molecule has 4 nitrogen and oxygen atoms in total. The lowest BCUT2D eigenvalue weighted by Crippen LogP contribution is -2.32. The summed E-state index contributed by atoms with van der Waals surface area (Å²) in [4.78, 5) is 11.1. The summed E-state index contributed by atoms with van der Waals surface area (Å²) in [6, 6.07) is 13.2. The second-order valence-electron chi connectivity index (χ2n) is 5.68. The van der Waals surface area contributed by atoms with Crippen molar-refractivity contribution in [2.75, 3.05) is 13.1 Å². The first-order valence-corrected chi connectivity index (χ1v) is 7.58. The van der Waals surface area contributed by atoms with E-state index < -0.39 is 0 Å². The van der Waals surface area contributed by atoms with Crippen LogP contribution in [0.3, 0.4) is 0 Å². The number of aryl methyl sites for hydroxylation is 1. The molecule has 1 aromatic heterocycles. The van der Waals surface area contributed by atoms with E-state index in [0.717, 1.165) is 37.7 Å². The lowest BCUT2D eigenvalue weighted by atomic mass is 10.2. The van der Waals surface area contributed by atoms with Gasteiger partial charge in [-0.05, 0) is 25.0 Å². The predicted octanol–water partition coefficient (Wildman–Crippen LogP) is 2.15. The van der Waals surface area contributed by atoms with Gasteiger partial charge in [0.05, 0.1) is 5.69 Å². The fourth-order valence-electron chi connectivity index (χ4n) is 2.84. The van der Waals surface area contributed by atoms with Crippen molar-refractivity contribution in [3.8, 4) is 0 Å². The van der Waals surface area contributed by atoms with Crippen LogP contribution in [0.2, 0.25) is 0 Å². The van der Waals surface area contributed by atoms with Crippen molar-refractivity contribution in [2.24, 2.45) is 0 Å². The van der Waals surface area contributed by atoms with Crippen molar-refractivity contribution in [1.29, 1.82) is 0 Å². The SMILES string of the molecule is Cc1nccc(CNC2CCN(Cc3ccccc3)C2)n1. The van der Waals surface area contributed by atoms with E-state index in [9.17, 15) is 0 Å². The van der Waals surface area contributed by atoms with E-state index in [0.29, 0.717) is 6.04 Å². The summed E-state index contributed by atoms with van der Waals surface area (Å²) in [7, 11) is 0. The summed E-state index contributed by atoms with van der Waals surface area (Å²) >= 11 is 0. The van der Waals surface area contributed by atoms with Crippen molar-refractivity contribution in [3.63, 3.8) is 0 Å². The van der Waals surface area contributed by atoms with Crippen LogP contribution < -0.4 is 5.32 Å². The molecular weight excluding hydrogens is 260 g/mol. The van der Waals surface area contributed by atoms with Gasteiger partial charge >= 0.3 is 0 Å². The molecule has 21 heavy (non-hydrogen) atoms. The summed E-state index contributed by atoms with van der Waals surface area (Å²) in [5.41, 5.74) is 2.47. The Kier molecular flexibility index (Phi) is 4.58. The smallest absolute Gasteiger partial charge is 0.125 e. The van der Waals surface area contributed by atoms with Crippen LogP contribution in [0.25, 0.3) is 0 Å². The largest absolute Gasteiger partial charge is 0.307 e. The van der Waals surface area contributed by atoms with Crippen LogP contribution in [0, 0.1) is 6.92 Å². The van der Waals surface area contributed by atoms with E-state index in [4.69, 9.17) is 0 Å². The Labute approximate surface area is 126 Å². The van der Waals surface area contributed by atoms with Gasteiger partial charge in [-0.3, -0.25) is 4.90 Å². The van der Waals surface area contributed by atoms with Crippen LogP contribution in [0.1, 0.15) is 23.5 Å². The maximum atomic E-state index is 4.43. The zero-order valence-corrected chi connectivity index (χ0v) is 12.5. The van der Waals surface area contributed by atoms with Crippen LogP contribution in [0.5, 0.6) is 0 Å². The predicted molar refractivity (Wildman–Crippen MR) is 83.7 cm³/mol. The molecule has 3 rings (SSSR count). The van der Waals surface area contributed by atoms with E-state index >= 15 is 0 Å². The number of hydrogen-bond donors (Lipinski definition) is 1. The third kappa shape index (κ3) is 4.09. The first kappa shape index (κ1) is 14.2. The molecule has 110 valence electrons. The molecule has 1 N–H and O–H groups in total. The van der Waals surface area contributed by atoms with Gasteiger partial charge in [0.1, 0.15) is 5.82 Å². The second-order valence-corrected chi connectivity index (χ2v) is 5.68. The number of aromatic nitrogens is 2. The minimum atomic E-state index is 0.559. The first-order chi connectivity index (χ1) is 10.3. The average Bonchev–Trinajstić information content (AvgIpc) is 2.94. The zero-order chi connectivity index (χ0) is 14.5. The van der Waals surface area contributed by atoms with Crippen LogP contribution in [-0.4, -0.2) is 34.0 Å². The molecule has 2 aromatic rings. The normalized spacial score (nSPS) is 19.0. The first-order valence-electron chi connectivity index (χ1n) is 7.58. The van der Waals surface area contributed by atoms with Crippen molar-refractivity contribution in [2.45, 2.75) is 32.5 Å². The summed E-state index contributed by atoms with van der Waals surface area (Å²) in [6.07, 6.45) is 3.03. The molecule has 1 saturated heterocycles. The minimum absolute atomic E-state index is 0.559. The number of nitrogens with zero attached hydrogens (tertiary/aromatic N) is 3. The molecule has 1 fully saturated rings. The molecule has 0 amide bonds. The molecular formula is C17H22N4. The lowest BCUT2D eigenvalue weighted by molar-refractivity contribution is 0.319. The van der Waals surface area contributed by atoms with E-state index in [1.807, 2.05) is 19.2 Å². The molecule has 0 aliphatic carbocycles. The summed E-state index contributed by atoms with van der Waals surface area (Å²) in [6.45, 7) is 6.08. The Morgan fingerprint density at radius 1 is 1.24 bits per heavy atom. The monoisotopic (exact) mass is 282 g/mol. The standard InChI is InChI=1S/C17H22N4/c1-14-18-9-7-16(20-14)11-19-17-8-10-21(13-17)12-15-5-3-2-4-6-15/h2-7,9,17,19H,8,10-13H2,1H3. The van der Waals surface area contributed by atoms with Crippen LogP contribution in [-0.2, 0) is 13.1 Å². The van der Waals surface area contributed by atoms with Gasteiger partial charge in [-0.1, -0.05) is 30.3 Å². The van der Waals surface area contributed by atoms with E-state index in [1.54, 1.807) is 0 Å². The summed E-state index contributed by atoms with van der Waals surface area (Å²) in [5, 5.41) is 3.61. The fraction of sp³-hybridized carbons (Fsp3) is 0.412. The average molecular weight is 282 g/mol. The third-order valence-corrected chi connectivity index (χ3v) is 3.93. The third-order valence-electron chi connectivity index (χ3n) is 3.93. The topological polar surface area (TPSA) is 41.1 Å². The number of rotatable bonds is 5. The molecule has 0 radical (unpaired) electrons. The second kappa shape index (κ2) is 6.78. The molecule has 2 heterocycles. The molecule has 0 bridgehead atoms. The highest BCUT2D eigenvalue weighted by Gasteiger charge is 2.21. The van der Waals surface area contributed by atoms with Gasteiger partial charge in [-0.25, -0.2) is 9.97 Å². The highest BCUT2D eigenvalue weighted by molar-refractivity contribution is 5.14. The molecule has 1 aliphatic heterocycles. The Hall–Kier alpha value is -1.78. The quantitative estimate of drug-likeness (QED) is 0.912. The van der Waals surface area contributed by atoms with Gasteiger partial charge in [0.15, 0.2) is 0 Å². The van der Waals surface area contributed by atoms with Gasteiger partial charge in [0, 0.05) is 38.4 Å². The van der Waals surface area contributed by atoms with Crippen molar-refractivity contribution in [3.05, 3.63) is 59.7 Å². The van der Waals surface area contributed by atoms with Gasteiger partial charge in [-0.2, -0.15) is 0 Å². The Bertz CT molecular complexity index is 570. The van der Waals surface area contributed by atoms with Crippen LogP contribution >= 0.6 is 0 Å². The van der Waals surface area contributed by atoms with Gasteiger partial charge in [-0.15, -0.1) is 0 Å². The van der Waals surface area contributed by atoms with E-state index in [2.05, 4.69) is 50.5 Å². The minimum Gasteiger partial charge on any atom is -0.307 e.